The molecule has 0 radical (unpaired) electrons. The Morgan fingerprint density at radius 3 is 2.58 bits per heavy atom. The lowest BCUT2D eigenvalue weighted by Crippen LogP contribution is -2.53. The van der Waals surface area contributed by atoms with Gasteiger partial charge < -0.3 is 4.98 Å². The van der Waals surface area contributed by atoms with E-state index in [0.717, 1.165) is 25.5 Å². The molecule has 2 atom stereocenters. The van der Waals surface area contributed by atoms with Crippen LogP contribution in [0.25, 0.3) is 11.0 Å². The second kappa shape index (κ2) is 6.77. The summed E-state index contributed by atoms with van der Waals surface area (Å²) in [6.45, 7) is 11.1. The van der Waals surface area contributed by atoms with E-state index in [4.69, 9.17) is 11.6 Å². The summed E-state index contributed by atoms with van der Waals surface area (Å²) in [5.41, 5.74) is 1.73. The number of aromatic nitrogens is 2. The van der Waals surface area contributed by atoms with Gasteiger partial charge in [0, 0.05) is 25.2 Å². The van der Waals surface area contributed by atoms with Crippen molar-refractivity contribution in [3.8, 4) is 0 Å². The van der Waals surface area contributed by atoms with Crippen LogP contribution in [0.1, 0.15) is 45.9 Å². The lowest BCUT2D eigenvalue weighted by Gasteiger charge is -2.41. The van der Waals surface area contributed by atoms with Gasteiger partial charge in [-0.05, 0) is 43.4 Å². The number of rotatable bonds is 4. The van der Waals surface area contributed by atoms with Gasteiger partial charge in [-0.25, -0.2) is 9.37 Å². The Bertz CT molecular complexity index is 783. The van der Waals surface area contributed by atoms with E-state index in [2.05, 4.69) is 40.5 Å². The number of halogens is 2. The number of hydrogen-bond donors (Lipinski definition) is 1. The molecule has 2 aliphatic heterocycles. The number of likely N-dealkylation sites (tertiary alicyclic amines) is 1. The molecule has 4 rings (SSSR count). The number of imidazole rings is 1. The zero-order valence-electron chi connectivity index (χ0n) is 15.9. The van der Waals surface area contributed by atoms with Crippen LogP contribution < -0.4 is 0 Å². The highest BCUT2D eigenvalue weighted by Crippen LogP contribution is 2.33. The molecule has 1 N–H and O–H groups in total. The van der Waals surface area contributed by atoms with Gasteiger partial charge in [0.2, 0.25) is 0 Å². The highest BCUT2D eigenvalue weighted by Gasteiger charge is 2.39. The maximum Gasteiger partial charge on any atom is 0.126 e. The average Bonchev–Trinajstić information content (AvgIpc) is 3.03. The van der Waals surface area contributed by atoms with Gasteiger partial charge in [-0.3, -0.25) is 9.80 Å². The molecule has 2 fully saturated rings. The first-order chi connectivity index (χ1) is 12.3. The first-order valence-electron chi connectivity index (χ1n) is 9.60. The van der Waals surface area contributed by atoms with Crippen LogP contribution in [0.5, 0.6) is 0 Å². The molecule has 0 saturated carbocycles. The van der Waals surface area contributed by atoms with Crippen molar-refractivity contribution in [1.82, 2.24) is 19.8 Å². The van der Waals surface area contributed by atoms with Crippen molar-refractivity contribution < 1.29 is 4.39 Å². The minimum atomic E-state index is -0.330. The highest BCUT2D eigenvalue weighted by molar-refractivity contribution is 6.34. The van der Waals surface area contributed by atoms with E-state index in [1.807, 2.05) is 0 Å². The quantitative estimate of drug-likeness (QED) is 0.854. The largest absolute Gasteiger partial charge is 0.341 e. The van der Waals surface area contributed by atoms with E-state index in [1.165, 1.54) is 37.9 Å². The molecule has 4 nitrogen and oxygen atoms in total. The smallest absolute Gasteiger partial charge is 0.126 e. The van der Waals surface area contributed by atoms with Crippen molar-refractivity contribution in [3.63, 3.8) is 0 Å². The molecule has 0 aliphatic carbocycles. The molecule has 26 heavy (non-hydrogen) atoms. The summed E-state index contributed by atoms with van der Waals surface area (Å²) in [5, 5.41) is 0.370. The summed E-state index contributed by atoms with van der Waals surface area (Å²) >= 11 is 6.12. The van der Waals surface area contributed by atoms with Gasteiger partial charge in [-0.15, -0.1) is 0 Å². The van der Waals surface area contributed by atoms with Gasteiger partial charge in [0.1, 0.15) is 17.2 Å². The van der Waals surface area contributed by atoms with Crippen LogP contribution in [0.15, 0.2) is 12.1 Å². The van der Waals surface area contributed by atoms with Gasteiger partial charge in [0.25, 0.3) is 0 Å². The van der Waals surface area contributed by atoms with Crippen LogP contribution >= 0.6 is 11.6 Å². The second-order valence-electron chi connectivity index (χ2n) is 9.09. The van der Waals surface area contributed by atoms with Crippen LogP contribution in [0.4, 0.5) is 4.39 Å². The van der Waals surface area contributed by atoms with E-state index in [1.54, 1.807) is 0 Å². The number of hydrogen-bond acceptors (Lipinski definition) is 3. The molecule has 0 amide bonds. The molecular weight excluding hydrogens is 351 g/mol. The summed E-state index contributed by atoms with van der Waals surface area (Å²) in [5.74, 6) is 0.540. The molecule has 142 valence electrons. The van der Waals surface area contributed by atoms with Crippen molar-refractivity contribution in [1.29, 1.82) is 0 Å². The van der Waals surface area contributed by atoms with Gasteiger partial charge in [-0.1, -0.05) is 32.4 Å². The van der Waals surface area contributed by atoms with E-state index >= 15 is 0 Å². The number of aromatic amines is 1. The monoisotopic (exact) mass is 378 g/mol. The Labute approximate surface area is 159 Å². The lowest BCUT2D eigenvalue weighted by molar-refractivity contribution is 0.0534. The molecule has 1 aromatic heterocycles. The Morgan fingerprint density at radius 1 is 1.23 bits per heavy atom. The number of nitrogens with one attached hydrogen (secondary N) is 1. The molecule has 2 aromatic rings. The molecule has 0 spiro atoms. The fraction of sp³-hybridized carbons (Fsp3) is 0.650. The summed E-state index contributed by atoms with van der Waals surface area (Å²) < 4.78 is 13.5. The third-order valence-electron chi connectivity index (χ3n) is 5.76. The van der Waals surface area contributed by atoms with Crippen LogP contribution in [-0.2, 0) is 6.54 Å². The summed E-state index contributed by atoms with van der Waals surface area (Å²) in [7, 11) is 0. The van der Waals surface area contributed by atoms with E-state index in [0.29, 0.717) is 33.6 Å². The lowest BCUT2D eigenvalue weighted by atomic mass is 9.91. The topological polar surface area (TPSA) is 35.2 Å². The average molecular weight is 379 g/mol. The Kier molecular flexibility index (Phi) is 4.74. The van der Waals surface area contributed by atoms with Crippen molar-refractivity contribution in [2.24, 2.45) is 5.41 Å². The Morgan fingerprint density at radius 2 is 1.92 bits per heavy atom. The van der Waals surface area contributed by atoms with Crippen LogP contribution in [0.3, 0.4) is 0 Å². The summed E-state index contributed by atoms with van der Waals surface area (Å²) in [6.07, 6.45) is 3.83. The number of piperazine rings is 1. The highest BCUT2D eigenvalue weighted by atomic mass is 35.5. The van der Waals surface area contributed by atoms with Gasteiger partial charge in [0.15, 0.2) is 0 Å². The fourth-order valence-corrected chi connectivity index (χ4v) is 4.66. The van der Waals surface area contributed by atoms with Gasteiger partial charge in [0.05, 0.1) is 17.1 Å². The van der Waals surface area contributed by atoms with Crippen molar-refractivity contribution in [2.45, 2.75) is 58.7 Å². The molecule has 1 aromatic carbocycles. The maximum absolute atomic E-state index is 13.5. The zero-order chi connectivity index (χ0) is 18.5. The molecular formula is C20H28ClFN4. The van der Waals surface area contributed by atoms with Crippen molar-refractivity contribution in [2.75, 3.05) is 19.6 Å². The Balaban J connectivity index is 1.43. The van der Waals surface area contributed by atoms with Crippen molar-refractivity contribution in [3.05, 3.63) is 28.8 Å². The van der Waals surface area contributed by atoms with Crippen LogP contribution in [0.2, 0.25) is 5.02 Å². The first kappa shape index (κ1) is 18.2. The number of nitrogens with zero attached hydrogens (tertiary/aromatic N) is 3. The van der Waals surface area contributed by atoms with Crippen LogP contribution in [0, 0.1) is 11.2 Å². The first-order valence-corrected chi connectivity index (χ1v) is 9.98. The predicted octanol–water partition coefficient (Wildman–Crippen LogP) is 4.44. The predicted molar refractivity (Wildman–Crippen MR) is 104 cm³/mol. The SMILES string of the molecule is CC(C)(C)CCN1C2CCC1CN(Cc1nc3c(Cl)cc(F)cc3[nH]1)C2. The van der Waals surface area contributed by atoms with E-state index < -0.39 is 0 Å². The van der Waals surface area contributed by atoms with Crippen LogP contribution in [-0.4, -0.2) is 51.5 Å². The fourth-order valence-electron chi connectivity index (χ4n) is 4.42. The van der Waals surface area contributed by atoms with E-state index in [-0.39, 0.29) is 5.82 Å². The minimum absolute atomic E-state index is 0.330. The third-order valence-corrected chi connectivity index (χ3v) is 6.04. The molecule has 2 unspecified atom stereocenters. The summed E-state index contributed by atoms with van der Waals surface area (Å²) in [4.78, 5) is 13.0. The standard InChI is InChI=1S/C20H28ClFN4/c1-20(2,3)6-7-26-14-4-5-15(26)11-25(10-14)12-18-23-17-9-13(22)8-16(21)19(17)24-18/h8-9,14-15H,4-7,10-12H2,1-3H3,(H,23,24). The number of benzene rings is 1. The molecule has 3 heterocycles. The maximum atomic E-state index is 13.5. The number of fused-ring (bicyclic) bond motifs is 3. The minimum Gasteiger partial charge on any atom is -0.341 e. The number of H-pyrrole nitrogens is 1. The Hall–Kier alpha value is -1.17. The summed E-state index contributed by atoms with van der Waals surface area (Å²) in [6, 6.07) is 4.09. The molecule has 2 bridgehead atoms. The van der Waals surface area contributed by atoms with E-state index in [9.17, 15) is 4.39 Å². The second-order valence-corrected chi connectivity index (χ2v) is 9.50. The zero-order valence-corrected chi connectivity index (χ0v) is 16.6. The van der Waals surface area contributed by atoms with Gasteiger partial charge in [-0.2, -0.15) is 0 Å². The van der Waals surface area contributed by atoms with Gasteiger partial charge >= 0.3 is 0 Å². The third kappa shape index (κ3) is 3.75. The molecule has 2 aliphatic rings. The van der Waals surface area contributed by atoms with Crippen molar-refractivity contribution >= 4 is 22.6 Å². The normalized spacial score (nSPS) is 24.7. The molecule has 2 saturated heterocycles. The molecule has 6 heteroatoms.